The predicted molar refractivity (Wildman–Crippen MR) is 76.1 cm³/mol. The Labute approximate surface area is 114 Å². The van der Waals surface area contributed by atoms with Crippen LogP contribution in [0.2, 0.25) is 0 Å². The van der Waals surface area contributed by atoms with Crippen LogP contribution in [0.15, 0.2) is 24.3 Å². The van der Waals surface area contributed by atoms with Gasteiger partial charge in [0, 0.05) is 18.7 Å². The lowest BCUT2D eigenvalue weighted by atomic mass is 10.0. The van der Waals surface area contributed by atoms with Crippen molar-refractivity contribution in [1.82, 2.24) is 5.32 Å². The van der Waals surface area contributed by atoms with Gasteiger partial charge in [-0.2, -0.15) is 0 Å². The fourth-order valence-electron chi connectivity index (χ4n) is 2.40. The molecule has 1 heterocycles. The molecule has 1 saturated heterocycles. The largest absolute Gasteiger partial charge is 0.396 e. The Kier molecular flexibility index (Phi) is 5.36. The number of aliphatic hydroxyl groups is 1. The maximum Gasteiger partial charge on any atom is 0.224 e. The molecule has 1 aromatic carbocycles. The highest BCUT2D eigenvalue weighted by Gasteiger charge is 2.15. The van der Waals surface area contributed by atoms with Crippen LogP contribution in [-0.2, 0) is 11.2 Å². The number of hydrogen-bond donors (Lipinski definition) is 3. The molecule has 0 radical (unpaired) electrons. The maximum absolute atomic E-state index is 11.8. The van der Waals surface area contributed by atoms with E-state index in [9.17, 15) is 4.79 Å². The first kappa shape index (κ1) is 14.0. The lowest BCUT2D eigenvalue weighted by molar-refractivity contribution is -0.116. The van der Waals surface area contributed by atoms with Crippen molar-refractivity contribution in [3.8, 4) is 0 Å². The van der Waals surface area contributed by atoms with Gasteiger partial charge in [-0.15, -0.1) is 0 Å². The fraction of sp³-hybridized carbons (Fsp3) is 0.533. The number of carbonyl (C=O) groups excluding carboxylic acids is 1. The Hall–Kier alpha value is -1.39. The molecule has 0 aliphatic carbocycles. The van der Waals surface area contributed by atoms with Gasteiger partial charge in [0.25, 0.3) is 0 Å². The Bertz CT molecular complexity index is 397. The van der Waals surface area contributed by atoms with Gasteiger partial charge in [0.05, 0.1) is 0 Å². The molecule has 1 atom stereocenters. The van der Waals surface area contributed by atoms with Gasteiger partial charge in [0.15, 0.2) is 0 Å². The highest BCUT2D eigenvalue weighted by molar-refractivity contribution is 5.90. The van der Waals surface area contributed by atoms with Gasteiger partial charge in [-0.05, 0) is 56.0 Å². The van der Waals surface area contributed by atoms with Crippen molar-refractivity contribution >= 4 is 11.6 Å². The van der Waals surface area contributed by atoms with Gasteiger partial charge in [0.1, 0.15) is 0 Å². The van der Waals surface area contributed by atoms with E-state index in [4.69, 9.17) is 5.11 Å². The topological polar surface area (TPSA) is 61.4 Å². The Morgan fingerprint density at radius 2 is 2.16 bits per heavy atom. The highest BCUT2D eigenvalue weighted by Crippen LogP contribution is 2.15. The van der Waals surface area contributed by atoms with Crippen LogP contribution >= 0.6 is 0 Å². The molecule has 104 valence electrons. The Morgan fingerprint density at radius 1 is 1.37 bits per heavy atom. The molecular weight excluding hydrogens is 240 g/mol. The summed E-state index contributed by atoms with van der Waals surface area (Å²) in [7, 11) is 0. The first-order valence-corrected chi connectivity index (χ1v) is 6.98. The van der Waals surface area contributed by atoms with E-state index in [2.05, 4.69) is 10.6 Å². The minimum atomic E-state index is 0.0850. The van der Waals surface area contributed by atoms with E-state index in [0.717, 1.165) is 30.8 Å². The average molecular weight is 262 g/mol. The van der Waals surface area contributed by atoms with Crippen molar-refractivity contribution in [2.45, 2.75) is 25.7 Å². The molecule has 3 N–H and O–H groups in total. The fourth-order valence-corrected chi connectivity index (χ4v) is 2.40. The van der Waals surface area contributed by atoms with Crippen LogP contribution in [-0.4, -0.2) is 30.7 Å². The Balaban J connectivity index is 1.74. The van der Waals surface area contributed by atoms with Crippen LogP contribution in [0.3, 0.4) is 0 Å². The summed E-state index contributed by atoms with van der Waals surface area (Å²) in [6, 6.07) is 7.65. The summed E-state index contributed by atoms with van der Waals surface area (Å²) in [5.74, 6) is 0.736. The summed E-state index contributed by atoms with van der Waals surface area (Å²) in [5, 5.41) is 15.1. The standard InChI is InChI=1S/C15H22N2O2/c18-10-8-12-1-4-14(5-2-12)17-15(19)6-3-13-7-9-16-11-13/h1-2,4-5,13,16,18H,3,6-11H2,(H,17,19). The smallest absolute Gasteiger partial charge is 0.224 e. The van der Waals surface area contributed by atoms with Gasteiger partial charge in [-0.3, -0.25) is 4.79 Å². The molecular formula is C15H22N2O2. The molecule has 0 saturated carbocycles. The quantitative estimate of drug-likeness (QED) is 0.729. The average Bonchev–Trinajstić information content (AvgIpc) is 2.92. The number of hydrogen-bond acceptors (Lipinski definition) is 3. The molecule has 4 nitrogen and oxygen atoms in total. The van der Waals surface area contributed by atoms with Crippen LogP contribution in [0.25, 0.3) is 0 Å². The van der Waals surface area contributed by atoms with E-state index in [1.807, 2.05) is 24.3 Å². The van der Waals surface area contributed by atoms with Crippen molar-refractivity contribution in [3.05, 3.63) is 29.8 Å². The number of benzene rings is 1. The van der Waals surface area contributed by atoms with Gasteiger partial charge in [-0.25, -0.2) is 0 Å². The molecule has 1 aromatic rings. The third-order valence-corrected chi connectivity index (χ3v) is 3.58. The zero-order chi connectivity index (χ0) is 13.5. The molecule has 2 rings (SSSR count). The molecule has 1 aliphatic heterocycles. The molecule has 0 bridgehead atoms. The summed E-state index contributed by atoms with van der Waals surface area (Å²) in [6.45, 7) is 2.28. The van der Waals surface area contributed by atoms with E-state index >= 15 is 0 Å². The molecule has 1 unspecified atom stereocenters. The number of carbonyl (C=O) groups is 1. The third-order valence-electron chi connectivity index (χ3n) is 3.58. The van der Waals surface area contributed by atoms with Gasteiger partial charge in [-0.1, -0.05) is 12.1 Å². The minimum absolute atomic E-state index is 0.0850. The summed E-state index contributed by atoms with van der Waals surface area (Å²) in [4.78, 5) is 11.8. The van der Waals surface area contributed by atoms with Crippen molar-refractivity contribution < 1.29 is 9.90 Å². The van der Waals surface area contributed by atoms with Crippen LogP contribution in [0.1, 0.15) is 24.8 Å². The molecule has 0 spiro atoms. The number of nitrogens with one attached hydrogen (secondary N) is 2. The first-order chi connectivity index (χ1) is 9.28. The summed E-state index contributed by atoms with van der Waals surface area (Å²) in [6.07, 6.45) is 3.39. The zero-order valence-corrected chi connectivity index (χ0v) is 11.2. The summed E-state index contributed by atoms with van der Waals surface area (Å²) >= 11 is 0. The van der Waals surface area contributed by atoms with E-state index in [1.165, 1.54) is 6.42 Å². The van der Waals surface area contributed by atoms with Gasteiger partial charge < -0.3 is 15.7 Å². The lowest BCUT2D eigenvalue weighted by Gasteiger charge is -2.09. The molecule has 4 heteroatoms. The second-order valence-corrected chi connectivity index (χ2v) is 5.12. The third kappa shape index (κ3) is 4.65. The highest BCUT2D eigenvalue weighted by atomic mass is 16.2. The van der Waals surface area contributed by atoms with E-state index in [-0.39, 0.29) is 12.5 Å². The maximum atomic E-state index is 11.8. The number of rotatable bonds is 6. The number of anilines is 1. The van der Waals surface area contributed by atoms with Crippen molar-refractivity contribution in [2.75, 3.05) is 25.0 Å². The van der Waals surface area contributed by atoms with Crippen molar-refractivity contribution in [2.24, 2.45) is 5.92 Å². The molecule has 19 heavy (non-hydrogen) atoms. The number of amides is 1. The monoisotopic (exact) mass is 262 g/mol. The van der Waals surface area contributed by atoms with Crippen LogP contribution in [0.5, 0.6) is 0 Å². The molecule has 1 aliphatic rings. The summed E-state index contributed by atoms with van der Waals surface area (Å²) in [5.41, 5.74) is 1.91. The van der Waals surface area contributed by atoms with Crippen LogP contribution in [0, 0.1) is 5.92 Å². The van der Waals surface area contributed by atoms with Crippen LogP contribution in [0.4, 0.5) is 5.69 Å². The Morgan fingerprint density at radius 3 is 2.79 bits per heavy atom. The summed E-state index contributed by atoms with van der Waals surface area (Å²) < 4.78 is 0. The number of aliphatic hydroxyl groups excluding tert-OH is 1. The van der Waals surface area contributed by atoms with Gasteiger partial charge in [0.2, 0.25) is 5.91 Å². The molecule has 1 amide bonds. The second kappa shape index (κ2) is 7.26. The van der Waals surface area contributed by atoms with Gasteiger partial charge >= 0.3 is 0 Å². The minimum Gasteiger partial charge on any atom is -0.396 e. The van der Waals surface area contributed by atoms with E-state index in [0.29, 0.717) is 18.8 Å². The predicted octanol–water partition coefficient (Wildman–Crippen LogP) is 1.55. The molecule has 1 fully saturated rings. The van der Waals surface area contributed by atoms with Crippen LogP contribution < -0.4 is 10.6 Å². The normalized spacial score (nSPS) is 18.5. The lowest BCUT2D eigenvalue weighted by Crippen LogP contribution is -2.15. The van der Waals surface area contributed by atoms with Crippen molar-refractivity contribution in [3.63, 3.8) is 0 Å². The van der Waals surface area contributed by atoms with E-state index in [1.54, 1.807) is 0 Å². The SMILES string of the molecule is O=C(CCC1CCNC1)Nc1ccc(CCO)cc1. The second-order valence-electron chi connectivity index (χ2n) is 5.12. The van der Waals surface area contributed by atoms with E-state index < -0.39 is 0 Å². The zero-order valence-electron chi connectivity index (χ0n) is 11.2. The molecule has 0 aromatic heterocycles. The first-order valence-electron chi connectivity index (χ1n) is 6.98. The van der Waals surface area contributed by atoms with Crippen molar-refractivity contribution in [1.29, 1.82) is 0 Å².